The van der Waals surface area contributed by atoms with Gasteiger partial charge in [0, 0.05) is 25.2 Å². The second-order valence-corrected chi connectivity index (χ2v) is 7.05. The fraction of sp³-hybridized carbons (Fsp3) is 1.00. The molecule has 0 aromatic heterocycles. The van der Waals surface area contributed by atoms with Crippen molar-refractivity contribution in [1.82, 2.24) is 10.2 Å². The van der Waals surface area contributed by atoms with Crippen molar-refractivity contribution in [3.05, 3.63) is 0 Å². The summed E-state index contributed by atoms with van der Waals surface area (Å²) in [5.41, 5.74) is -0.388. The molecule has 1 atom stereocenters. The van der Waals surface area contributed by atoms with Crippen molar-refractivity contribution in [2.75, 3.05) is 33.3 Å². The van der Waals surface area contributed by atoms with Crippen molar-refractivity contribution < 1.29 is 9.84 Å². The molecule has 0 aliphatic carbocycles. The molecule has 1 unspecified atom stereocenters. The van der Waals surface area contributed by atoms with Gasteiger partial charge < -0.3 is 15.2 Å². The van der Waals surface area contributed by atoms with Gasteiger partial charge in [0.2, 0.25) is 0 Å². The van der Waals surface area contributed by atoms with Crippen LogP contribution in [0.5, 0.6) is 0 Å². The number of hydrogen-bond donors (Lipinski definition) is 2. The maximum absolute atomic E-state index is 9.41. The number of aliphatic hydroxyl groups excluding tert-OH is 1. The number of ether oxygens (including phenoxy) is 1. The Bertz CT molecular complexity index is 257. The van der Waals surface area contributed by atoms with E-state index in [1.54, 1.807) is 0 Å². The zero-order valence-corrected chi connectivity index (χ0v) is 12.8. The lowest BCUT2D eigenvalue weighted by Crippen LogP contribution is -2.58. The minimum Gasteiger partial charge on any atom is -0.394 e. The molecule has 1 rings (SSSR count). The molecule has 0 aromatic rings. The number of hydrogen-bond acceptors (Lipinski definition) is 4. The molecule has 0 spiro atoms. The van der Waals surface area contributed by atoms with Crippen LogP contribution in [0.15, 0.2) is 0 Å². The molecule has 0 amide bonds. The van der Waals surface area contributed by atoms with Crippen molar-refractivity contribution in [2.24, 2.45) is 0 Å². The molecule has 108 valence electrons. The summed E-state index contributed by atoms with van der Waals surface area (Å²) in [6.07, 6.45) is 0.937. The maximum Gasteiger partial charge on any atom is 0.0760 e. The van der Waals surface area contributed by atoms with Crippen LogP contribution < -0.4 is 5.32 Å². The van der Waals surface area contributed by atoms with Gasteiger partial charge in [-0.25, -0.2) is 0 Å². The Kier molecular flexibility index (Phi) is 4.81. The summed E-state index contributed by atoms with van der Waals surface area (Å²) in [6.45, 7) is 13.7. The first-order valence-electron chi connectivity index (χ1n) is 6.84. The van der Waals surface area contributed by atoms with Gasteiger partial charge >= 0.3 is 0 Å². The molecule has 4 nitrogen and oxygen atoms in total. The van der Waals surface area contributed by atoms with E-state index in [1.807, 2.05) is 7.05 Å². The summed E-state index contributed by atoms with van der Waals surface area (Å²) in [6, 6.07) is 0. The number of nitrogens with one attached hydrogen (secondary N) is 1. The monoisotopic (exact) mass is 258 g/mol. The van der Waals surface area contributed by atoms with Gasteiger partial charge in [0.15, 0.2) is 0 Å². The molecule has 1 aliphatic rings. The molecule has 0 bridgehead atoms. The van der Waals surface area contributed by atoms with Crippen molar-refractivity contribution >= 4 is 0 Å². The molecule has 1 heterocycles. The smallest absolute Gasteiger partial charge is 0.0760 e. The van der Waals surface area contributed by atoms with Crippen molar-refractivity contribution in [1.29, 1.82) is 0 Å². The molecule has 4 heteroatoms. The van der Waals surface area contributed by atoms with Crippen LogP contribution in [-0.4, -0.2) is 60.0 Å². The zero-order valence-electron chi connectivity index (χ0n) is 12.8. The first-order chi connectivity index (χ1) is 8.11. The molecular weight excluding hydrogens is 228 g/mol. The summed E-state index contributed by atoms with van der Waals surface area (Å²) in [4.78, 5) is 2.44. The molecular formula is C14H30N2O2. The lowest BCUT2D eigenvalue weighted by Gasteiger charge is -2.47. The number of morpholine rings is 1. The third-order valence-electron chi connectivity index (χ3n) is 3.69. The molecule has 1 saturated heterocycles. The van der Waals surface area contributed by atoms with E-state index in [0.717, 1.165) is 26.1 Å². The van der Waals surface area contributed by atoms with Crippen LogP contribution in [0.2, 0.25) is 0 Å². The van der Waals surface area contributed by atoms with E-state index in [-0.39, 0.29) is 23.3 Å². The molecule has 0 saturated carbocycles. The third-order valence-corrected chi connectivity index (χ3v) is 3.69. The average Bonchev–Trinajstić information content (AvgIpc) is 2.22. The Morgan fingerprint density at radius 3 is 2.11 bits per heavy atom. The quantitative estimate of drug-likeness (QED) is 0.779. The van der Waals surface area contributed by atoms with Crippen LogP contribution in [0.4, 0.5) is 0 Å². The van der Waals surface area contributed by atoms with E-state index in [9.17, 15) is 5.11 Å². The van der Waals surface area contributed by atoms with Crippen LogP contribution in [0.1, 0.15) is 41.0 Å². The van der Waals surface area contributed by atoms with Gasteiger partial charge in [-0.3, -0.25) is 4.90 Å². The summed E-state index contributed by atoms with van der Waals surface area (Å²) < 4.78 is 6.07. The van der Waals surface area contributed by atoms with Crippen LogP contribution >= 0.6 is 0 Å². The first kappa shape index (κ1) is 15.9. The number of likely N-dealkylation sites (N-methyl/N-ethyl adjacent to an activating group) is 1. The van der Waals surface area contributed by atoms with E-state index in [0.29, 0.717) is 0 Å². The fourth-order valence-electron chi connectivity index (χ4n) is 2.79. The first-order valence-corrected chi connectivity index (χ1v) is 6.84. The van der Waals surface area contributed by atoms with Gasteiger partial charge in [0.05, 0.1) is 17.8 Å². The highest BCUT2D eigenvalue weighted by atomic mass is 16.5. The van der Waals surface area contributed by atoms with Crippen LogP contribution in [0.25, 0.3) is 0 Å². The molecule has 1 aliphatic heterocycles. The Balaban J connectivity index is 2.57. The van der Waals surface area contributed by atoms with E-state index in [2.05, 4.69) is 44.8 Å². The number of aliphatic hydroxyl groups is 1. The molecule has 0 aromatic carbocycles. The van der Waals surface area contributed by atoms with Crippen LogP contribution in [0, 0.1) is 0 Å². The molecule has 18 heavy (non-hydrogen) atoms. The number of rotatable bonds is 5. The Morgan fingerprint density at radius 2 is 1.72 bits per heavy atom. The topological polar surface area (TPSA) is 44.7 Å². The van der Waals surface area contributed by atoms with E-state index < -0.39 is 0 Å². The molecule has 2 N–H and O–H groups in total. The highest BCUT2D eigenvalue weighted by Gasteiger charge is 2.38. The van der Waals surface area contributed by atoms with Crippen LogP contribution in [-0.2, 0) is 4.74 Å². The van der Waals surface area contributed by atoms with Gasteiger partial charge in [-0.1, -0.05) is 0 Å². The Labute approximate surface area is 112 Å². The highest BCUT2D eigenvalue weighted by molar-refractivity contribution is 4.91. The lowest BCUT2D eigenvalue weighted by molar-refractivity contribution is -0.181. The second-order valence-electron chi connectivity index (χ2n) is 7.05. The average molecular weight is 258 g/mol. The van der Waals surface area contributed by atoms with E-state index in [4.69, 9.17) is 4.74 Å². The van der Waals surface area contributed by atoms with Crippen molar-refractivity contribution in [2.45, 2.75) is 57.8 Å². The minimum absolute atomic E-state index is 0.100. The Morgan fingerprint density at radius 1 is 1.22 bits per heavy atom. The normalized spacial score (nSPS) is 26.8. The predicted octanol–water partition coefficient (Wildman–Crippen LogP) is 1.24. The Hall–Kier alpha value is -0.160. The summed E-state index contributed by atoms with van der Waals surface area (Å²) >= 11 is 0. The van der Waals surface area contributed by atoms with Crippen molar-refractivity contribution in [3.8, 4) is 0 Å². The van der Waals surface area contributed by atoms with Gasteiger partial charge in [0.25, 0.3) is 0 Å². The number of nitrogens with zero attached hydrogens (tertiary/aromatic N) is 1. The maximum atomic E-state index is 9.41. The van der Waals surface area contributed by atoms with Crippen molar-refractivity contribution in [3.63, 3.8) is 0 Å². The summed E-state index contributed by atoms with van der Waals surface area (Å²) in [5.74, 6) is 0. The van der Waals surface area contributed by atoms with Gasteiger partial charge in [-0.15, -0.1) is 0 Å². The van der Waals surface area contributed by atoms with Gasteiger partial charge in [-0.2, -0.15) is 0 Å². The van der Waals surface area contributed by atoms with E-state index >= 15 is 0 Å². The molecule has 1 fully saturated rings. The largest absolute Gasteiger partial charge is 0.394 e. The predicted molar refractivity (Wildman–Crippen MR) is 74.9 cm³/mol. The highest BCUT2D eigenvalue weighted by Crippen LogP contribution is 2.28. The SMILES string of the molecule is CNC(C)(CO)CCN1CC(C)(C)OC(C)(C)C1. The summed E-state index contributed by atoms with van der Waals surface area (Å²) in [7, 11) is 1.91. The lowest BCUT2D eigenvalue weighted by atomic mass is 9.95. The van der Waals surface area contributed by atoms with E-state index in [1.165, 1.54) is 0 Å². The van der Waals surface area contributed by atoms with Gasteiger partial charge in [0.1, 0.15) is 0 Å². The minimum atomic E-state index is -0.188. The third kappa shape index (κ3) is 4.50. The molecule has 0 radical (unpaired) electrons. The zero-order chi connectivity index (χ0) is 14.0. The summed E-state index contributed by atoms with van der Waals surface area (Å²) in [5, 5.41) is 12.6. The fourth-order valence-corrected chi connectivity index (χ4v) is 2.79. The standard InChI is InChI=1S/C14H30N2O2/c1-12(2)9-16(10-13(3,4)18-12)8-7-14(5,11-17)15-6/h15,17H,7-11H2,1-6H3. The van der Waals surface area contributed by atoms with Crippen LogP contribution in [0.3, 0.4) is 0 Å². The van der Waals surface area contributed by atoms with Gasteiger partial charge in [-0.05, 0) is 48.1 Å². The second kappa shape index (κ2) is 5.45.